The highest BCUT2D eigenvalue weighted by atomic mass is 35.5. The zero-order valence-electron chi connectivity index (χ0n) is 10.7. The summed E-state index contributed by atoms with van der Waals surface area (Å²) in [4.78, 5) is 0. The zero-order valence-corrected chi connectivity index (χ0v) is 12.2. The van der Waals surface area contributed by atoms with Crippen LogP contribution in [0.5, 0.6) is 0 Å². The van der Waals surface area contributed by atoms with Crippen LogP contribution in [0.25, 0.3) is 17.1 Å². The Morgan fingerprint density at radius 3 is 2.57 bits per heavy atom. The summed E-state index contributed by atoms with van der Waals surface area (Å²) in [6, 6.07) is 10.2. The van der Waals surface area contributed by atoms with Gasteiger partial charge >= 0.3 is 0 Å². The van der Waals surface area contributed by atoms with E-state index in [2.05, 4.69) is 15.5 Å². The van der Waals surface area contributed by atoms with E-state index in [4.69, 9.17) is 34.7 Å². The van der Waals surface area contributed by atoms with Crippen LogP contribution in [0.1, 0.15) is 0 Å². The molecule has 0 atom stereocenters. The van der Waals surface area contributed by atoms with Gasteiger partial charge < -0.3 is 11.5 Å². The van der Waals surface area contributed by atoms with Gasteiger partial charge in [-0.3, -0.25) is 0 Å². The van der Waals surface area contributed by atoms with E-state index in [1.165, 1.54) is 4.68 Å². The number of nitrogen functional groups attached to an aromatic ring is 2. The second kappa shape index (κ2) is 5.23. The first-order valence-electron chi connectivity index (χ1n) is 5.95. The predicted molar refractivity (Wildman–Crippen MR) is 83.4 cm³/mol. The third-order valence-corrected chi connectivity index (χ3v) is 3.48. The molecule has 0 fully saturated rings. The van der Waals surface area contributed by atoms with Crippen molar-refractivity contribution in [2.75, 3.05) is 11.5 Å². The third kappa shape index (κ3) is 2.51. The van der Waals surface area contributed by atoms with Gasteiger partial charge in [0.1, 0.15) is 0 Å². The lowest BCUT2D eigenvalue weighted by atomic mass is 10.1. The molecule has 4 N–H and O–H groups in total. The Bertz CT molecular complexity index is 814. The zero-order chi connectivity index (χ0) is 15.0. The topological polar surface area (TPSA) is 95.6 Å². The maximum atomic E-state index is 6.19. The lowest BCUT2D eigenvalue weighted by molar-refractivity contribution is 0.791. The molecule has 8 heteroatoms. The van der Waals surface area contributed by atoms with E-state index in [1.54, 1.807) is 36.4 Å². The number of tetrazole rings is 1. The Morgan fingerprint density at radius 2 is 1.81 bits per heavy atom. The van der Waals surface area contributed by atoms with Gasteiger partial charge in [0.25, 0.3) is 0 Å². The Balaban J connectivity index is 2.19. The number of hydrogen-bond donors (Lipinski definition) is 2. The molecule has 0 unspecified atom stereocenters. The molecule has 0 aliphatic rings. The van der Waals surface area contributed by atoms with Gasteiger partial charge in [-0.25, -0.2) is 0 Å². The molecular weight excluding hydrogens is 311 g/mol. The minimum atomic E-state index is 0.455. The molecule has 3 rings (SSSR count). The Labute approximate surface area is 130 Å². The van der Waals surface area contributed by atoms with Crippen molar-refractivity contribution in [1.82, 2.24) is 20.2 Å². The predicted octanol–water partition coefficient (Wildman–Crippen LogP) is 2.80. The van der Waals surface area contributed by atoms with E-state index in [9.17, 15) is 0 Å². The van der Waals surface area contributed by atoms with Gasteiger partial charge in [0.15, 0.2) is 5.82 Å². The van der Waals surface area contributed by atoms with E-state index in [1.807, 2.05) is 0 Å². The third-order valence-electron chi connectivity index (χ3n) is 2.92. The van der Waals surface area contributed by atoms with Crippen LogP contribution in [0.3, 0.4) is 0 Å². The fourth-order valence-corrected chi connectivity index (χ4v) is 2.31. The van der Waals surface area contributed by atoms with Crippen LogP contribution in [0.2, 0.25) is 10.0 Å². The van der Waals surface area contributed by atoms with Crippen molar-refractivity contribution in [2.24, 2.45) is 0 Å². The molecule has 1 aromatic heterocycles. The Morgan fingerprint density at radius 1 is 1.00 bits per heavy atom. The molecule has 2 aromatic carbocycles. The van der Waals surface area contributed by atoms with Gasteiger partial charge in [-0.2, -0.15) is 4.68 Å². The first-order valence-corrected chi connectivity index (χ1v) is 6.71. The SMILES string of the molecule is Nc1ccc(-c2nnnn2-c2cc(Cl)ccc2Cl)c(N)c1. The number of nitrogens with zero attached hydrogens (tertiary/aromatic N) is 4. The maximum Gasteiger partial charge on any atom is 0.189 e. The summed E-state index contributed by atoms with van der Waals surface area (Å²) >= 11 is 12.2. The highest BCUT2D eigenvalue weighted by Crippen LogP contribution is 2.30. The van der Waals surface area contributed by atoms with E-state index >= 15 is 0 Å². The molecular formula is C13H10Cl2N6. The molecule has 0 saturated carbocycles. The number of benzene rings is 2. The van der Waals surface area contributed by atoms with Crippen LogP contribution < -0.4 is 11.5 Å². The smallest absolute Gasteiger partial charge is 0.189 e. The molecule has 3 aromatic rings. The molecule has 0 spiro atoms. The monoisotopic (exact) mass is 320 g/mol. The van der Waals surface area contributed by atoms with E-state index in [0.717, 1.165) is 0 Å². The molecule has 0 amide bonds. The fraction of sp³-hybridized carbons (Fsp3) is 0. The lowest BCUT2D eigenvalue weighted by Crippen LogP contribution is -2.03. The largest absolute Gasteiger partial charge is 0.399 e. The quantitative estimate of drug-likeness (QED) is 0.708. The number of hydrogen-bond acceptors (Lipinski definition) is 5. The molecule has 106 valence electrons. The minimum absolute atomic E-state index is 0.455. The molecule has 0 aliphatic carbocycles. The molecule has 0 radical (unpaired) electrons. The van der Waals surface area contributed by atoms with E-state index < -0.39 is 0 Å². The van der Waals surface area contributed by atoms with Crippen LogP contribution in [-0.4, -0.2) is 20.2 Å². The van der Waals surface area contributed by atoms with Gasteiger partial charge in [-0.15, -0.1) is 5.10 Å². The molecule has 0 aliphatic heterocycles. The van der Waals surface area contributed by atoms with Gasteiger partial charge in [-0.1, -0.05) is 23.2 Å². The molecule has 6 nitrogen and oxygen atoms in total. The van der Waals surface area contributed by atoms with E-state index in [0.29, 0.717) is 38.5 Å². The van der Waals surface area contributed by atoms with Crippen LogP contribution >= 0.6 is 23.2 Å². The number of halogens is 2. The molecule has 0 saturated heterocycles. The van der Waals surface area contributed by atoms with Crippen LogP contribution in [0.4, 0.5) is 11.4 Å². The highest BCUT2D eigenvalue weighted by molar-refractivity contribution is 6.34. The fourth-order valence-electron chi connectivity index (χ4n) is 1.95. The van der Waals surface area contributed by atoms with Crippen molar-refractivity contribution in [3.63, 3.8) is 0 Å². The molecule has 0 bridgehead atoms. The minimum Gasteiger partial charge on any atom is -0.399 e. The summed E-state index contributed by atoms with van der Waals surface area (Å²) in [5.41, 5.74) is 13.9. The number of aromatic nitrogens is 4. The average molecular weight is 321 g/mol. The first-order chi connectivity index (χ1) is 10.1. The summed E-state index contributed by atoms with van der Waals surface area (Å²) in [6.07, 6.45) is 0. The molecule has 1 heterocycles. The number of anilines is 2. The number of nitrogens with two attached hydrogens (primary N) is 2. The van der Waals surface area contributed by atoms with Gasteiger partial charge in [0, 0.05) is 22.0 Å². The number of rotatable bonds is 2. The highest BCUT2D eigenvalue weighted by Gasteiger charge is 2.16. The summed E-state index contributed by atoms with van der Waals surface area (Å²) in [5, 5.41) is 12.6. The van der Waals surface area contributed by atoms with Crippen LogP contribution in [0.15, 0.2) is 36.4 Å². The maximum absolute atomic E-state index is 6.19. The van der Waals surface area contributed by atoms with Gasteiger partial charge in [0.05, 0.1) is 10.7 Å². The Hall–Kier alpha value is -2.31. The second-order valence-electron chi connectivity index (χ2n) is 4.36. The second-order valence-corrected chi connectivity index (χ2v) is 5.20. The summed E-state index contributed by atoms with van der Waals surface area (Å²) in [6.45, 7) is 0. The van der Waals surface area contributed by atoms with E-state index in [-0.39, 0.29) is 0 Å². The van der Waals surface area contributed by atoms with Crippen molar-refractivity contribution in [1.29, 1.82) is 0 Å². The van der Waals surface area contributed by atoms with Crippen molar-refractivity contribution in [3.8, 4) is 17.1 Å². The van der Waals surface area contributed by atoms with Gasteiger partial charge in [-0.05, 0) is 46.8 Å². The first kappa shape index (κ1) is 13.7. The van der Waals surface area contributed by atoms with Crippen LogP contribution in [-0.2, 0) is 0 Å². The summed E-state index contributed by atoms with van der Waals surface area (Å²) in [5.74, 6) is 0.455. The normalized spacial score (nSPS) is 10.8. The lowest BCUT2D eigenvalue weighted by Gasteiger charge is -2.09. The summed E-state index contributed by atoms with van der Waals surface area (Å²) < 4.78 is 1.48. The van der Waals surface area contributed by atoms with Crippen molar-refractivity contribution in [3.05, 3.63) is 46.4 Å². The van der Waals surface area contributed by atoms with Crippen molar-refractivity contribution < 1.29 is 0 Å². The van der Waals surface area contributed by atoms with Crippen molar-refractivity contribution >= 4 is 34.6 Å². The average Bonchev–Trinajstić information content (AvgIpc) is 2.90. The summed E-state index contributed by atoms with van der Waals surface area (Å²) in [7, 11) is 0. The molecule has 21 heavy (non-hydrogen) atoms. The Kier molecular flexibility index (Phi) is 3.40. The van der Waals surface area contributed by atoms with Crippen LogP contribution in [0, 0.1) is 0 Å². The van der Waals surface area contributed by atoms with Crippen molar-refractivity contribution in [2.45, 2.75) is 0 Å². The van der Waals surface area contributed by atoms with Gasteiger partial charge in [0.2, 0.25) is 0 Å². The standard InChI is InChI=1S/C13H10Cl2N6/c14-7-1-4-10(15)12(5-7)21-13(18-19-20-21)9-3-2-8(16)6-11(9)17/h1-6H,16-17H2.